The minimum absolute atomic E-state index is 0.0626. The van der Waals surface area contributed by atoms with Gasteiger partial charge < -0.3 is 10.0 Å². The smallest absolute Gasteiger partial charge is 0.252 e. The summed E-state index contributed by atoms with van der Waals surface area (Å²) >= 11 is 0. The van der Waals surface area contributed by atoms with Crippen LogP contribution in [0, 0.1) is 11.8 Å². The molecule has 186 valence electrons. The largest absolute Gasteiger partial charge is 0.511 e. The predicted octanol–water partition coefficient (Wildman–Crippen LogP) is 5.38. The zero-order valence-electron chi connectivity index (χ0n) is 21.1. The van der Waals surface area contributed by atoms with Crippen LogP contribution in [-0.2, 0) is 4.79 Å². The Hall–Kier alpha value is -1.85. The van der Waals surface area contributed by atoms with Crippen LogP contribution in [0.2, 0.25) is 0 Å². The molecule has 1 amide bonds. The van der Waals surface area contributed by atoms with Crippen LogP contribution in [0.5, 0.6) is 0 Å². The topological polar surface area (TPSA) is 47.0 Å². The summed E-state index contributed by atoms with van der Waals surface area (Å²) in [5.74, 6) is 1.74. The molecule has 2 saturated heterocycles. The number of carbonyl (C=O) groups excluding carboxylic acids is 1. The van der Waals surface area contributed by atoms with Crippen molar-refractivity contribution in [2.24, 2.45) is 11.8 Å². The Morgan fingerprint density at radius 1 is 0.912 bits per heavy atom. The molecule has 4 aliphatic rings. The van der Waals surface area contributed by atoms with Crippen molar-refractivity contribution < 1.29 is 9.90 Å². The Labute approximate surface area is 205 Å². The number of aliphatic hydroxyl groups excluding tert-OH is 1. The van der Waals surface area contributed by atoms with Gasteiger partial charge in [0.1, 0.15) is 11.8 Å². The van der Waals surface area contributed by atoms with Crippen LogP contribution in [0.4, 0.5) is 5.69 Å². The van der Waals surface area contributed by atoms with Gasteiger partial charge in [-0.05, 0) is 83.0 Å². The molecule has 4 bridgehead atoms. The fourth-order valence-corrected chi connectivity index (χ4v) is 8.04. The molecule has 5 nitrogen and oxygen atoms in total. The molecule has 0 aromatic heterocycles. The van der Waals surface area contributed by atoms with E-state index in [2.05, 4.69) is 11.5 Å². The lowest BCUT2D eigenvalue weighted by Gasteiger charge is -2.56. The van der Waals surface area contributed by atoms with E-state index in [1.807, 2.05) is 49.3 Å². The Bertz CT molecular complexity index is 845. The van der Waals surface area contributed by atoms with E-state index >= 15 is 0 Å². The van der Waals surface area contributed by atoms with Gasteiger partial charge in [-0.1, -0.05) is 50.5 Å². The number of benzene rings is 1. The van der Waals surface area contributed by atoms with Crippen molar-refractivity contribution in [2.45, 2.75) is 101 Å². The summed E-state index contributed by atoms with van der Waals surface area (Å²) in [7, 11) is 3.68. The maximum Gasteiger partial charge on any atom is 0.252 e. The Morgan fingerprint density at radius 2 is 1.50 bits per heavy atom. The third-order valence-electron chi connectivity index (χ3n) is 9.23. The molecule has 0 radical (unpaired) electrons. The molecule has 5 rings (SSSR count). The van der Waals surface area contributed by atoms with Gasteiger partial charge in [-0.25, -0.2) is 0 Å². The normalized spacial score (nSPS) is 34.4. The van der Waals surface area contributed by atoms with Crippen molar-refractivity contribution in [3.8, 4) is 0 Å². The first-order valence-electron chi connectivity index (χ1n) is 13.6. The fraction of sp³-hybridized carbons (Fsp3) is 0.690. The molecule has 1 N–H and O–H groups in total. The molecule has 2 aliphatic carbocycles. The highest BCUT2D eigenvalue weighted by atomic mass is 16.3. The van der Waals surface area contributed by atoms with Crippen molar-refractivity contribution >= 4 is 11.6 Å². The second kappa shape index (κ2) is 10.0. The first-order valence-corrected chi connectivity index (χ1v) is 13.6. The number of aliphatic hydroxyl groups is 1. The number of hydrogen-bond acceptors (Lipinski definition) is 4. The monoisotopic (exact) mass is 465 g/mol. The molecule has 2 aliphatic heterocycles. The maximum absolute atomic E-state index is 13.9. The van der Waals surface area contributed by atoms with Crippen molar-refractivity contribution in [1.82, 2.24) is 9.80 Å². The maximum atomic E-state index is 13.9. The summed E-state index contributed by atoms with van der Waals surface area (Å²) in [4.78, 5) is 20.6. The number of para-hydroxylation sites is 1. The van der Waals surface area contributed by atoms with Crippen LogP contribution < -0.4 is 4.90 Å². The summed E-state index contributed by atoms with van der Waals surface area (Å²) in [5, 5.41) is 10.3. The van der Waals surface area contributed by atoms with E-state index < -0.39 is 6.04 Å². The Balaban J connectivity index is 1.41. The minimum atomic E-state index is -0.726. The molecular formula is C29H43N3O2. The molecule has 0 spiro atoms. The van der Waals surface area contributed by atoms with E-state index in [9.17, 15) is 9.90 Å². The third-order valence-corrected chi connectivity index (χ3v) is 9.23. The number of fused-ring (bicyclic) bond motifs is 4. The fourth-order valence-electron chi connectivity index (χ4n) is 8.04. The molecule has 34 heavy (non-hydrogen) atoms. The first kappa shape index (κ1) is 23.9. The van der Waals surface area contributed by atoms with Gasteiger partial charge in [-0.2, -0.15) is 0 Å². The number of nitrogens with zero attached hydrogens (tertiary/aromatic N) is 3. The van der Waals surface area contributed by atoms with Gasteiger partial charge in [0.25, 0.3) is 5.91 Å². The average Bonchev–Trinajstić information content (AvgIpc) is 2.78. The predicted molar refractivity (Wildman–Crippen MR) is 138 cm³/mol. The number of piperidine rings is 2. The summed E-state index contributed by atoms with van der Waals surface area (Å²) in [5.41, 5.74) is 0.935. The number of rotatable bonds is 6. The Morgan fingerprint density at radius 3 is 2.06 bits per heavy atom. The highest BCUT2D eigenvalue weighted by molar-refractivity contribution is 5.99. The number of amides is 1. The van der Waals surface area contributed by atoms with E-state index in [0.29, 0.717) is 12.1 Å². The third kappa shape index (κ3) is 4.66. The summed E-state index contributed by atoms with van der Waals surface area (Å²) in [6, 6.07) is 11.4. The van der Waals surface area contributed by atoms with Gasteiger partial charge in [-0.3, -0.25) is 14.6 Å². The van der Waals surface area contributed by atoms with Crippen LogP contribution in [-0.4, -0.2) is 65.1 Å². The van der Waals surface area contributed by atoms with Crippen LogP contribution >= 0.6 is 0 Å². The van der Waals surface area contributed by atoms with Crippen molar-refractivity contribution in [3.63, 3.8) is 0 Å². The SMILES string of the molecule is C=C(O)C(C(=O)N(c1ccccc1)[C@H]1C[C@H]2CCC[C@@H](C1)N2[C@H]1C[C@@H]2CCC[C@@H](C2)C1)N(C)C. The van der Waals surface area contributed by atoms with E-state index in [1.54, 1.807) is 4.90 Å². The molecule has 2 heterocycles. The summed E-state index contributed by atoms with van der Waals surface area (Å²) in [6.07, 6.45) is 14.4. The average molecular weight is 466 g/mol. The van der Waals surface area contributed by atoms with Crippen LogP contribution in [0.1, 0.15) is 70.6 Å². The van der Waals surface area contributed by atoms with Gasteiger partial charge in [0.2, 0.25) is 0 Å². The lowest BCUT2D eigenvalue weighted by molar-refractivity contribution is -0.124. The van der Waals surface area contributed by atoms with Crippen LogP contribution in [0.3, 0.4) is 0 Å². The zero-order valence-corrected chi connectivity index (χ0v) is 21.1. The Kier molecular flexibility index (Phi) is 7.04. The molecule has 1 aromatic carbocycles. The minimum Gasteiger partial charge on any atom is -0.511 e. The highest BCUT2D eigenvalue weighted by Crippen LogP contribution is 2.46. The molecule has 7 atom stereocenters. The molecule has 4 fully saturated rings. The molecule has 1 unspecified atom stereocenters. The number of anilines is 1. The van der Waals surface area contributed by atoms with E-state index in [1.165, 1.54) is 57.8 Å². The zero-order chi connectivity index (χ0) is 23.8. The highest BCUT2D eigenvalue weighted by Gasteiger charge is 2.47. The lowest BCUT2D eigenvalue weighted by atomic mass is 9.68. The second-order valence-corrected chi connectivity index (χ2v) is 11.7. The second-order valence-electron chi connectivity index (χ2n) is 11.7. The van der Waals surface area contributed by atoms with Gasteiger partial charge in [0, 0.05) is 29.9 Å². The van der Waals surface area contributed by atoms with Crippen molar-refractivity contribution in [1.29, 1.82) is 0 Å². The quantitative estimate of drug-likeness (QED) is 0.573. The number of likely N-dealkylation sites (N-methyl/N-ethyl adjacent to an activating group) is 1. The lowest BCUT2D eigenvalue weighted by Crippen LogP contribution is -2.63. The first-order chi connectivity index (χ1) is 16.4. The standard InChI is InChI=1S/C29H43N3O2/c1-20(33)28(30(2)3)29(34)32(23-11-5-4-6-12-23)27-18-24-13-8-14-25(19-27)31(24)26-16-21-9-7-10-22(15-21)17-26/h4-6,11-12,21-22,24-28,33H,1,7-10,13-19H2,2-3H3/t21-,22+,24-,25+,26+,27+,28?. The molecule has 2 saturated carbocycles. The van der Waals surface area contributed by atoms with E-state index in [4.69, 9.17) is 0 Å². The summed E-state index contributed by atoms with van der Waals surface area (Å²) < 4.78 is 0. The van der Waals surface area contributed by atoms with Crippen molar-refractivity contribution in [2.75, 3.05) is 19.0 Å². The van der Waals surface area contributed by atoms with Gasteiger partial charge in [0.15, 0.2) is 0 Å². The van der Waals surface area contributed by atoms with Crippen LogP contribution in [0.15, 0.2) is 42.7 Å². The molecule has 5 heteroatoms. The van der Waals surface area contributed by atoms with E-state index in [-0.39, 0.29) is 17.7 Å². The van der Waals surface area contributed by atoms with Crippen LogP contribution in [0.25, 0.3) is 0 Å². The van der Waals surface area contributed by atoms with Gasteiger partial charge >= 0.3 is 0 Å². The van der Waals surface area contributed by atoms with E-state index in [0.717, 1.165) is 36.4 Å². The van der Waals surface area contributed by atoms with Crippen molar-refractivity contribution in [3.05, 3.63) is 42.7 Å². The number of carbonyl (C=O) groups is 1. The molecular weight excluding hydrogens is 422 g/mol. The summed E-state index contributed by atoms with van der Waals surface area (Å²) in [6.45, 7) is 3.74. The van der Waals surface area contributed by atoms with Gasteiger partial charge in [0.05, 0.1) is 0 Å². The molecule has 1 aromatic rings. The van der Waals surface area contributed by atoms with Gasteiger partial charge in [-0.15, -0.1) is 0 Å². The number of hydrogen-bond donors (Lipinski definition) is 1.